The molecule has 1 saturated carbocycles. The third kappa shape index (κ3) is 2.20. The number of aromatic nitrogens is 1. The molecule has 2 aromatic rings. The summed E-state index contributed by atoms with van der Waals surface area (Å²) >= 11 is 0. The number of ketones is 1. The first-order valence-corrected chi connectivity index (χ1v) is 7.28. The highest BCUT2D eigenvalue weighted by Crippen LogP contribution is 2.36. The van der Waals surface area contributed by atoms with Gasteiger partial charge in [-0.15, -0.1) is 0 Å². The smallest absolute Gasteiger partial charge is 0.132 e. The molecule has 2 nitrogen and oxygen atoms in total. The number of carbonyl (C=O) groups is 1. The molecular weight excluding hydrogens is 234 g/mol. The van der Waals surface area contributed by atoms with Crippen LogP contribution in [-0.2, 0) is 18.3 Å². The minimum Gasteiger partial charge on any atom is -0.350 e. The van der Waals surface area contributed by atoms with Crippen LogP contribution in [0.4, 0.5) is 0 Å². The maximum Gasteiger partial charge on any atom is 0.132 e. The molecule has 0 aliphatic heterocycles. The van der Waals surface area contributed by atoms with E-state index < -0.39 is 0 Å². The largest absolute Gasteiger partial charge is 0.350 e. The second-order valence-electron chi connectivity index (χ2n) is 5.71. The molecular formula is C17H21NO. The molecule has 0 radical (unpaired) electrons. The molecule has 1 heterocycles. The van der Waals surface area contributed by atoms with E-state index in [4.69, 9.17) is 0 Å². The predicted molar refractivity (Wildman–Crippen MR) is 78.5 cm³/mol. The second-order valence-corrected chi connectivity index (χ2v) is 5.71. The van der Waals surface area contributed by atoms with Crippen molar-refractivity contribution in [1.29, 1.82) is 0 Å². The first-order valence-electron chi connectivity index (χ1n) is 7.28. The van der Waals surface area contributed by atoms with Gasteiger partial charge in [-0.2, -0.15) is 0 Å². The Labute approximate surface area is 114 Å². The molecule has 0 saturated heterocycles. The third-order valence-electron chi connectivity index (χ3n) is 4.48. The van der Waals surface area contributed by atoms with Crippen LogP contribution in [0, 0.1) is 0 Å². The summed E-state index contributed by atoms with van der Waals surface area (Å²) in [5, 5.41) is 1.39. The van der Waals surface area contributed by atoms with Gasteiger partial charge in [0, 0.05) is 37.0 Å². The zero-order valence-corrected chi connectivity index (χ0v) is 11.8. The van der Waals surface area contributed by atoms with Gasteiger partial charge in [0.15, 0.2) is 0 Å². The average Bonchev–Trinajstić information content (AvgIpc) is 2.76. The van der Waals surface area contributed by atoms with Gasteiger partial charge in [0.1, 0.15) is 5.78 Å². The molecule has 19 heavy (non-hydrogen) atoms. The highest BCUT2D eigenvalue weighted by atomic mass is 16.1. The number of hydrogen-bond acceptors (Lipinski definition) is 1. The molecule has 1 aliphatic carbocycles. The van der Waals surface area contributed by atoms with E-state index in [0.717, 1.165) is 32.1 Å². The van der Waals surface area contributed by atoms with Gasteiger partial charge in [-0.1, -0.05) is 13.0 Å². The summed E-state index contributed by atoms with van der Waals surface area (Å²) in [6.45, 7) is 2.20. The van der Waals surface area contributed by atoms with Crippen molar-refractivity contribution in [3.8, 4) is 0 Å². The zero-order chi connectivity index (χ0) is 13.4. The van der Waals surface area contributed by atoms with Gasteiger partial charge in [-0.3, -0.25) is 4.79 Å². The van der Waals surface area contributed by atoms with Crippen LogP contribution in [0.5, 0.6) is 0 Å². The van der Waals surface area contributed by atoms with Crippen molar-refractivity contribution in [1.82, 2.24) is 4.57 Å². The van der Waals surface area contributed by atoms with Gasteiger partial charge in [0.25, 0.3) is 0 Å². The number of Topliss-reactive ketones (excluding diaryl/α,β-unsaturated/α-hetero) is 1. The molecule has 1 fully saturated rings. The van der Waals surface area contributed by atoms with Crippen LogP contribution < -0.4 is 0 Å². The topological polar surface area (TPSA) is 22.0 Å². The summed E-state index contributed by atoms with van der Waals surface area (Å²) in [7, 11) is 2.12. The molecule has 3 rings (SSSR count). The highest BCUT2D eigenvalue weighted by Gasteiger charge is 2.23. The number of rotatable bonds is 2. The van der Waals surface area contributed by atoms with Gasteiger partial charge >= 0.3 is 0 Å². The van der Waals surface area contributed by atoms with E-state index in [9.17, 15) is 4.79 Å². The number of carbonyl (C=O) groups excluding carboxylic acids is 1. The van der Waals surface area contributed by atoms with Crippen LogP contribution in [0.3, 0.4) is 0 Å². The van der Waals surface area contributed by atoms with Crippen LogP contribution in [0.1, 0.15) is 49.7 Å². The van der Waals surface area contributed by atoms with Crippen molar-refractivity contribution in [2.75, 3.05) is 0 Å². The molecule has 1 aliphatic rings. The predicted octanol–water partition coefficient (Wildman–Crippen LogP) is 3.97. The fraction of sp³-hybridized carbons (Fsp3) is 0.471. The van der Waals surface area contributed by atoms with E-state index in [1.54, 1.807) is 0 Å². The molecule has 1 aromatic heterocycles. The van der Waals surface area contributed by atoms with Crippen LogP contribution in [0.25, 0.3) is 10.9 Å². The van der Waals surface area contributed by atoms with Gasteiger partial charge in [0.05, 0.1) is 0 Å². The van der Waals surface area contributed by atoms with Crippen molar-refractivity contribution >= 4 is 16.7 Å². The lowest BCUT2D eigenvalue weighted by Gasteiger charge is -2.20. The number of fused-ring (bicyclic) bond motifs is 1. The Balaban J connectivity index is 2.05. The van der Waals surface area contributed by atoms with Crippen molar-refractivity contribution in [2.24, 2.45) is 7.05 Å². The minimum atomic E-state index is 0.436. The summed E-state index contributed by atoms with van der Waals surface area (Å²) < 4.78 is 2.22. The van der Waals surface area contributed by atoms with Gasteiger partial charge in [-0.25, -0.2) is 0 Å². The van der Waals surface area contributed by atoms with Crippen LogP contribution >= 0.6 is 0 Å². The van der Waals surface area contributed by atoms with Gasteiger partial charge in [-0.05, 0) is 48.4 Å². The fourth-order valence-electron chi connectivity index (χ4n) is 3.27. The highest BCUT2D eigenvalue weighted by molar-refractivity contribution is 5.86. The summed E-state index contributed by atoms with van der Waals surface area (Å²) in [6, 6.07) is 6.78. The van der Waals surface area contributed by atoms with Crippen molar-refractivity contribution in [3.63, 3.8) is 0 Å². The lowest BCUT2D eigenvalue weighted by Crippen LogP contribution is -2.12. The maximum atomic E-state index is 11.4. The quantitative estimate of drug-likeness (QED) is 0.796. The van der Waals surface area contributed by atoms with Gasteiger partial charge < -0.3 is 4.57 Å². The van der Waals surface area contributed by atoms with Crippen LogP contribution in [0.15, 0.2) is 24.4 Å². The lowest BCUT2D eigenvalue weighted by molar-refractivity contribution is -0.120. The molecule has 0 N–H and O–H groups in total. The van der Waals surface area contributed by atoms with Crippen molar-refractivity contribution in [2.45, 2.75) is 44.9 Å². The van der Waals surface area contributed by atoms with E-state index in [-0.39, 0.29) is 0 Å². The molecule has 0 atom stereocenters. The SMILES string of the molecule is CCc1ccc2c(c1)c(C1CCC(=O)CC1)cn2C. The Morgan fingerprint density at radius 2 is 2.00 bits per heavy atom. The summed E-state index contributed by atoms with van der Waals surface area (Å²) in [5.41, 5.74) is 4.15. The second kappa shape index (κ2) is 4.84. The number of nitrogens with zero attached hydrogens (tertiary/aromatic N) is 1. The summed E-state index contributed by atoms with van der Waals surface area (Å²) in [5.74, 6) is 0.999. The zero-order valence-electron chi connectivity index (χ0n) is 11.8. The van der Waals surface area contributed by atoms with E-state index in [1.807, 2.05) is 0 Å². The number of benzene rings is 1. The first kappa shape index (κ1) is 12.5. The minimum absolute atomic E-state index is 0.436. The van der Waals surface area contributed by atoms with E-state index in [0.29, 0.717) is 11.7 Å². The Hall–Kier alpha value is -1.57. The Morgan fingerprint density at radius 3 is 2.68 bits per heavy atom. The Kier molecular flexibility index (Phi) is 3.17. The Bertz CT molecular complexity index is 613. The number of hydrogen-bond donors (Lipinski definition) is 0. The maximum absolute atomic E-state index is 11.4. The van der Waals surface area contributed by atoms with Crippen LogP contribution in [-0.4, -0.2) is 10.4 Å². The molecule has 2 heteroatoms. The Morgan fingerprint density at radius 1 is 1.26 bits per heavy atom. The molecule has 100 valence electrons. The van der Waals surface area contributed by atoms with Crippen molar-refractivity contribution < 1.29 is 4.79 Å². The molecule has 0 amide bonds. The number of aryl methyl sites for hydroxylation is 2. The van der Waals surface area contributed by atoms with Crippen molar-refractivity contribution in [3.05, 3.63) is 35.5 Å². The summed E-state index contributed by atoms with van der Waals surface area (Å²) in [4.78, 5) is 11.4. The molecule has 0 spiro atoms. The van der Waals surface area contributed by atoms with Crippen LogP contribution in [0.2, 0.25) is 0 Å². The monoisotopic (exact) mass is 255 g/mol. The molecule has 1 aromatic carbocycles. The average molecular weight is 255 g/mol. The molecule has 0 bridgehead atoms. The van der Waals surface area contributed by atoms with E-state index in [2.05, 4.69) is 42.9 Å². The van der Waals surface area contributed by atoms with E-state index in [1.165, 1.54) is 22.0 Å². The fourth-order valence-corrected chi connectivity index (χ4v) is 3.27. The normalized spacial score (nSPS) is 17.3. The lowest BCUT2D eigenvalue weighted by atomic mass is 9.83. The molecule has 0 unspecified atom stereocenters. The first-order chi connectivity index (χ1) is 9.19. The van der Waals surface area contributed by atoms with Gasteiger partial charge in [0.2, 0.25) is 0 Å². The standard InChI is InChI=1S/C17H21NO/c1-3-12-4-9-17-15(10-12)16(11-18(17)2)13-5-7-14(19)8-6-13/h4,9-11,13H,3,5-8H2,1-2H3. The van der Waals surface area contributed by atoms with E-state index >= 15 is 0 Å². The summed E-state index contributed by atoms with van der Waals surface area (Å²) in [6.07, 6.45) is 6.91. The third-order valence-corrected chi connectivity index (χ3v) is 4.48.